The first-order chi connectivity index (χ1) is 12.5. The van der Waals surface area contributed by atoms with Crippen LogP contribution in [0, 0.1) is 0 Å². The number of benzene rings is 2. The molecule has 0 aliphatic heterocycles. The lowest BCUT2D eigenvalue weighted by Crippen LogP contribution is -2.14. The lowest BCUT2D eigenvalue weighted by atomic mass is 10.2. The van der Waals surface area contributed by atoms with Gasteiger partial charge in [-0.2, -0.15) is 0 Å². The normalized spacial score (nSPS) is 11.1. The van der Waals surface area contributed by atoms with Crippen molar-refractivity contribution in [3.63, 3.8) is 0 Å². The number of carbonyl (C=O) groups excluding carboxylic acids is 1. The molecule has 3 rings (SSSR count). The lowest BCUT2D eigenvalue weighted by molar-refractivity contribution is 0.102. The van der Waals surface area contributed by atoms with Crippen molar-refractivity contribution in [3.05, 3.63) is 65.2 Å². The number of aromatic nitrogens is 2. The maximum Gasteiger partial charge on any atom is 0.263 e. The third-order valence-corrected chi connectivity index (χ3v) is 5.92. The molecule has 0 aliphatic carbocycles. The number of para-hydroxylation sites is 1. The number of sulfonamides is 1. The largest absolute Gasteiger partial charge is 0.322 e. The van der Waals surface area contributed by atoms with Crippen LogP contribution >= 0.6 is 11.3 Å². The Morgan fingerprint density at radius 1 is 1.04 bits per heavy atom. The van der Waals surface area contributed by atoms with Crippen LogP contribution < -0.4 is 10.0 Å². The summed E-state index contributed by atoms with van der Waals surface area (Å²) in [5, 5.41) is 11.4. The molecule has 1 aromatic heterocycles. The third kappa shape index (κ3) is 4.24. The van der Waals surface area contributed by atoms with Crippen molar-refractivity contribution >= 4 is 38.1 Å². The first kappa shape index (κ1) is 18.0. The fraction of sp³-hybridized carbons (Fsp3) is 0.118. The topological polar surface area (TPSA) is 101 Å². The molecule has 9 heteroatoms. The Labute approximate surface area is 155 Å². The molecule has 0 bridgehead atoms. The number of hydrogen-bond donors (Lipinski definition) is 2. The monoisotopic (exact) mass is 388 g/mol. The smallest absolute Gasteiger partial charge is 0.263 e. The van der Waals surface area contributed by atoms with Crippen LogP contribution in [0.1, 0.15) is 22.3 Å². The molecule has 0 atom stereocenters. The minimum atomic E-state index is -3.78. The van der Waals surface area contributed by atoms with Gasteiger partial charge in [-0.3, -0.25) is 9.52 Å². The maximum atomic E-state index is 12.4. The molecule has 26 heavy (non-hydrogen) atoms. The highest BCUT2D eigenvalue weighted by Crippen LogP contribution is 2.20. The van der Waals surface area contributed by atoms with Crippen molar-refractivity contribution in [2.75, 3.05) is 10.0 Å². The van der Waals surface area contributed by atoms with Crippen molar-refractivity contribution < 1.29 is 13.2 Å². The number of aryl methyl sites for hydroxylation is 1. The summed E-state index contributed by atoms with van der Waals surface area (Å²) in [5.74, 6) is -0.315. The maximum absolute atomic E-state index is 12.4. The van der Waals surface area contributed by atoms with Crippen molar-refractivity contribution in [2.24, 2.45) is 0 Å². The molecule has 7 nitrogen and oxygen atoms in total. The first-order valence-electron chi connectivity index (χ1n) is 7.79. The van der Waals surface area contributed by atoms with Crippen molar-refractivity contribution in [1.29, 1.82) is 0 Å². The molecule has 0 saturated carbocycles. The van der Waals surface area contributed by atoms with Gasteiger partial charge in [0.1, 0.15) is 5.01 Å². The van der Waals surface area contributed by atoms with Crippen LogP contribution in [0.15, 0.2) is 59.5 Å². The average Bonchev–Trinajstić information content (AvgIpc) is 3.09. The van der Waals surface area contributed by atoms with Crippen LogP contribution in [-0.2, 0) is 16.4 Å². The number of nitrogens with zero attached hydrogens (tertiary/aromatic N) is 2. The van der Waals surface area contributed by atoms with E-state index in [1.807, 2.05) is 25.1 Å². The van der Waals surface area contributed by atoms with E-state index >= 15 is 0 Å². The molecular weight excluding hydrogens is 372 g/mol. The Kier molecular flexibility index (Phi) is 5.29. The van der Waals surface area contributed by atoms with E-state index in [9.17, 15) is 13.2 Å². The van der Waals surface area contributed by atoms with Gasteiger partial charge in [-0.1, -0.05) is 36.5 Å². The summed E-state index contributed by atoms with van der Waals surface area (Å²) in [7, 11) is -3.78. The molecule has 0 saturated heterocycles. The molecule has 3 aromatic rings. The molecule has 2 aromatic carbocycles. The van der Waals surface area contributed by atoms with Crippen molar-refractivity contribution in [2.45, 2.75) is 18.2 Å². The van der Waals surface area contributed by atoms with Crippen molar-refractivity contribution in [3.8, 4) is 0 Å². The minimum Gasteiger partial charge on any atom is -0.322 e. The number of rotatable bonds is 6. The van der Waals surface area contributed by atoms with Gasteiger partial charge in [0.2, 0.25) is 5.13 Å². The second-order valence-electron chi connectivity index (χ2n) is 5.30. The van der Waals surface area contributed by atoms with Gasteiger partial charge in [0.15, 0.2) is 0 Å². The molecule has 0 spiro atoms. The van der Waals surface area contributed by atoms with E-state index in [2.05, 4.69) is 20.2 Å². The van der Waals surface area contributed by atoms with Gasteiger partial charge in [-0.25, -0.2) is 8.42 Å². The molecule has 1 heterocycles. The second kappa shape index (κ2) is 7.63. The number of nitrogens with one attached hydrogen (secondary N) is 2. The quantitative estimate of drug-likeness (QED) is 0.675. The zero-order chi connectivity index (χ0) is 18.6. The van der Waals surface area contributed by atoms with Crippen LogP contribution in [0.2, 0.25) is 0 Å². The summed E-state index contributed by atoms with van der Waals surface area (Å²) < 4.78 is 27.2. The van der Waals surface area contributed by atoms with Crippen LogP contribution in [0.4, 0.5) is 10.8 Å². The highest BCUT2D eigenvalue weighted by molar-refractivity contribution is 7.93. The molecular formula is C17H16N4O3S2. The molecule has 134 valence electrons. The number of carbonyl (C=O) groups is 1. The molecule has 0 unspecified atom stereocenters. The van der Waals surface area contributed by atoms with Crippen LogP contribution in [0.5, 0.6) is 0 Å². The van der Waals surface area contributed by atoms with Gasteiger partial charge >= 0.3 is 0 Å². The van der Waals surface area contributed by atoms with E-state index in [1.54, 1.807) is 12.1 Å². The SMILES string of the molecule is CCc1nnc(NS(=O)(=O)c2ccc(C(=O)Nc3ccccc3)cc2)s1. The minimum absolute atomic E-state index is 0.0435. The highest BCUT2D eigenvalue weighted by atomic mass is 32.2. The van der Waals surface area contributed by atoms with Crippen LogP contribution in [0.25, 0.3) is 0 Å². The Bertz CT molecular complexity index is 1000. The Balaban J connectivity index is 1.72. The van der Waals surface area contributed by atoms with Gasteiger partial charge in [0, 0.05) is 11.3 Å². The van der Waals surface area contributed by atoms with Crippen molar-refractivity contribution in [1.82, 2.24) is 10.2 Å². The Morgan fingerprint density at radius 3 is 2.35 bits per heavy atom. The predicted molar refractivity (Wildman–Crippen MR) is 101 cm³/mol. The van der Waals surface area contributed by atoms with E-state index in [0.29, 0.717) is 17.7 Å². The van der Waals surface area contributed by atoms with Gasteiger partial charge in [0.05, 0.1) is 4.90 Å². The zero-order valence-electron chi connectivity index (χ0n) is 13.8. The standard InChI is InChI=1S/C17H16N4O3S2/c1-2-15-19-20-17(25-15)21-26(23,24)14-10-8-12(9-11-14)16(22)18-13-6-4-3-5-7-13/h3-11H,2H2,1H3,(H,18,22)(H,20,21). The molecule has 2 N–H and O–H groups in total. The highest BCUT2D eigenvalue weighted by Gasteiger charge is 2.17. The summed E-state index contributed by atoms with van der Waals surface area (Å²) in [4.78, 5) is 12.3. The number of anilines is 2. The Morgan fingerprint density at radius 2 is 1.73 bits per heavy atom. The van der Waals surface area contributed by atoms with Gasteiger partial charge in [-0.15, -0.1) is 10.2 Å². The van der Waals surface area contributed by atoms with E-state index in [4.69, 9.17) is 0 Å². The predicted octanol–water partition coefficient (Wildman–Crippen LogP) is 3.15. The third-order valence-electron chi connectivity index (χ3n) is 3.45. The Hall–Kier alpha value is -2.78. The summed E-state index contributed by atoms with van der Waals surface area (Å²) in [5.41, 5.74) is 1.02. The molecule has 0 fully saturated rings. The van der Waals surface area contributed by atoms with Crippen LogP contribution in [0.3, 0.4) is 0 Å². The van der Waals surface area contributed by atoms with E-state index in [1.165, 1.54) is 35.6 Å². The van der Waals surface area contributed by atoms with E-state index < -0.39 is 10.0 Å². The van der Waals surface area contributed by atoms with Gasteiger partial charge < -0.3 is 5.32 Å². The fourth-order valence-corrected chi connectivity index (χ4v) is 4.03. The van der Waals surface area contributed by atoms with E-state index in [0.717, 1.165) is 5.01 Å². The summed E-state index contributed by atoms with van der Waals surface area (Å²) in [6.45, 7) is 1.91. The number of amides is 1. The molecule has 1 amide bonds. The number of hydrogen-bond acceptors (Lipinski definition) is 6. The lowest BCUT2D eigenvalue weighted by Gasteiger charge is -2.07. The van der Waals surface area contributed by atoms with Crippen LogP contribution in [-0.4, -0.2) is 24.5 Å². The molecule has 0 aliphatic rings. The summed E-state index contributed by atoms with van der Waals surface area (Å²) in [6.07, 6.45) is 0.685. The average molecular weight is 388 g/mol. The van der Waals surface area contributed by atoms with E-state index in [-0.39, 0.29) is 15.9 Å². The molecule has 0 radical (unpaired) electrons. The first-order valence-corrected chi connectivity index (χ1v) is 10.1. The summed E-state index contributed by atoms with van der Waals surface area (Å²) >= 11 is 1.19. The summed E-state index contributed by atoms with van der Waals surface area (Å²) in [6, 6.07) is 14.7. The second-order valence-corrected chi connectivity index (χ2v) is 8.05. The fourth-order valence-electron chi connectivity index (χ4n) is 2.12. The zero-order valence-corrected chi connectivity index (χ0v) is 15.5. The van der Waals surface area contributed by atoms with Gasteiger partial charge in [-0.05, 0) is 42.8 Å². The van der Waals surface area contributed by atoms with Gasteiger partial charge in [0.25, 0.3) is 15.9 Å².